The number of carbonyl (C=O) groups is 1. The maximum atomic E-state index is 10.6. The number of benzene rings is 1. The van der Waals surface area contributed by atoms with E-state index in [0.717, 1.165) is 3.57 Å². The molecule has 1 rings (SSSR count). The van der Waals surface area contributed by atoms with Crippen molar-refractivity contribution in [2.45, 2.75) is 0 Å². The summed E-state index contributed by atoms with van der Waals surface area (Å²) in [5.74, 6) is 0.438. The first-order chi connectivity index (χ1) is 6.11. The van der Waals surface area contributed by atoms with E-state index in [1.54, 1.807) is 6.07 Å². The van der Waals surface area contributed by atoms with Crippen molar-refractivity contribution >= 4 is 51.5 Å². The highest BCUT2D eigenvalue weighted by Gasteiger charge is 2.14. The first kappa shape index (κ1) is 11.0. The van der Waals surface area contributed by atoms with Gasteiger partial charge >= 0.3 is 0 Å². The van der Waals surface area contributed by atoms with Gasteiger partial charge in [-0.25, -0.2) is 0 Å². The molecule has 1 aromatic rings. The Morgan fingerprint density at radius 2 is 2.15 bits per heavy atom. The Hall–Kier alpha value is -0.0500. The average Bonchev–Trinajstić information content (AvgIpc) is 2.12. The van der Waals surface area contributed by atoms with E-state index in [1.807, 2.05) is 45.2 Å². The number of methoxy groups -OCH3 is 1. The van der Waals surface area contributed by atoms with Crippen LogP contribution in [0.2, 0.25) is 0 Å². The summed E-state index contributed by atoms with van der Waals surface area (Å²) in [5, 5.41) is 9.59. The molecule has 0 spiro atoms. The summed E-state index contributed by atoms with van der Waals surface area (Å²) in [6.45, 7) is 0. The number of rotatable bonds is 2. The van der Waals surface area contributed by atoms with Gasteiger partial charge in [-0.3, -0.25) is 4.79 Å². The van der Waals surface area contributed by atoms with Crippen molar-refractivity contribution in [3.63, 3.8) is 0 Å². The molecule has 0 aromatic heterocycles. The zero-order valence-electron chi connectivity index (χ0n) is 6.67. The molecule has 0 heterocycles. The van der Waals surface area contributed by atoms with Crippen molar-refractivity contribution in [1.29, 1.82) is 0 Å². The Bertz CT molecular complexity index is 350. The normalized spacial score (nSPS) is 9.77. The molecule has 3 nitrogen and oxygen atoms in total. The SMILES string of the molecule is COc1c(I)cc(C=O)c(I)c1O. The molecule has 0 saturated carbocycles. The van der Waals surface area contributed by atoms with Crippen LogP contribution in [0, 0.1) is 7.14 Å². The molecule has 0 aliphatic heterocycles. The summed E-state index contributed by atoms with van der Waals surface area (Å²) < 4.78 is 6.22. The van der Waals surface area contributed by atoms with Gasteiger partial charge in [0, 0.05) is 5.56 Å². The maximum Gasteiger partial charge on any atom is 0.174 e. The monoisotopic (exact) mass is 404 g/mol. The molecule has 0 bridgehead atoms. The van der Waals surface area contributed by atoms with Crippen molar-refractivity contribution in [3.05, 3.63) is 18.8 Å². The third-order valence-corrected chi connectivity index (χ3v) is 3.44. The molecule has 0 saturated heterocycles. The number of hydrogen-bond donors (Lipinski definition) is 1. The van der Waals surface area contributed by atoms with Gasteiger partial charge in [-0.05, 0) is 51.2 Å². The molecule has 0 aliphatic carbocycles. The third kappa shape index (κ3) is 2.06. The van der Waals surface area contributed by atoms with E-state index < -0.39 is 0 Å². The molecule has 0 aliphatic rings. The van der Waals surface area contributed by atoms with Crippen molar-refractivity contribution in [2.75, 3.05) is 7.11 Å². The van der Waals surface area contributed by atoms with Gasteiger partial charge in [-0.15, -0.1) is 0 Å². The van der Waals surface area contributed by atoms with Crippen LogP contribution >= 0.6 is 45.2 Å². The van der Waals surface area contributed by atoms with Crippen molar-refractivity contribution in [3.8, 4) is 11.5 Å². The van der Waals surface area contributed by atoms with Crippen LogP contribution in [0.1, 0.15) is 10.4 Å². The van der Waals surface area contributed by atoms with Crippen LogP contribution in [-0.2, 0) is 0 Å². The van der Waals surface area contributed by atoms with E-state index >= 15 is 0 Å². The van der Waals surface area contributed by atoms with Crippen LogP contribution in [0.3, 0.4) is 0 Å². The zero-order chi connectivity index (χ0) is 10.0. The highest BCUT2D eigenvalue weighted by atomic mass is 127. The predicted molar refractivity (Wildman–Crippen MR) is 65.5 cm³/mol. The number of phenols is 1. The molecule has 0 unspecified atom stereocenters. The number of phenolic OH excluding ortho intramolecular Hbond substituents is 1. The molecule has 0 amide bonds. The lowest BCUT2D eigenvalue weighted by molar-refractivity contribution is 0.112. The lowest BCUT2D eigenvalue weighted by Gasteiger charge is -2.08. The summed E-state index contributed by atoms with van der Waals surface area (Å²) in [6.07, 6.45) is 0.711. The number of hydrogen-bond acceptors (Lipinski definition) is 3. The topological polar surface area (TPSA) is 46.5 Å². The van der Waals surface area contributed by atoms with Gasteiger partial charge < -0.3 is 9.84 Å². The average molecular weight is 404 g/mol. The van der Waals surface area contributed by atoms with E-state index in [1.165, 1.54) is 7.11 Å². The van der Waals surface area contributed by atoms with Crippen LogP contribution in [0.4, 0.5) is 0 Å². The van der Waals surface area contributed by atoms with Gasteiger partial charge in [-0.2, -0.15) is 0 Å². The smallest absolute Gasteiger partial charge is 0.174 e. The Kier molecular flexibility index (Phi) is 3.77. The Balaban J connectivity index is 3.45. The molecule has 5 heteroatoms. The highest BCUT2D eigenvalue weighted by molar-refractivity contribution is 14.1. The Labute approximate surface area is 103 Å². The lowest BCUT2D eigenvalue weighted by atomic mass is 10.2. The molecular weight excluding hydrogens is 398 g/mol. The largest absolute Gasteiger partial charge is 0.503 e. The first-order valence-electron chi connectivity index (χ1n) is 3.32. The van der Waals surface area contributed by atoms with Crippen LogP contribution in [0.15, 0.2) is 6.07 Å². The fourth-order valence-electron chi connectivity index (χ4n) is 0.895. The summed E-state index contributed by atoms with van der Waals surface area (Å²) >= 11 is 3.91. The minimum Gasteiger partial charge on any atom is -0.503 e. The van der Waals surface area contributed by atoms with E-state index in [-0.39, 0.29) is 5.75 Å². The van der Waals surface area contributed by atoms with Gasteiger partial charge in [0.05, 0.1) is 14.3 Å². The van der Waals surface area contributed by atoms with Gasteiger partial charge in [0.15, 0.2) is 17.8 Å². The zero-order valence-corrected chi connectivity index (χ0v) is 11.0. The van der Waals surface area contributed by atoms with E-state index in [9.17, 15) is 9.90 Å². The number of ether oxygens (including phenoxy) is 1. The third-order valence-electron chi connectivity index (χ3n) is 1.51. The first-order valence-corrected chi connectivity index (χ1v) is 5.47. The highest BCUT2D eigenvalue weighted by Crippen LogP contribution is 2.37. The van der Waals surface area contributed by atoms with Crippen LogP contribution in [0.5, 0.6) is 11.5 Å². The van der Waals surface area contributed by atoms with Gasteiger partial charge in [0.2, 0.25) is 0 Å². The molecule has 70 valence electrons. The number of carbonyl (C=O) groups excluding carboxylic acids is 1. The van der Waals surface area contributed by atoms with Crippen molar-refractivity contribution in [2.24, 2.45) is 0 Å². The molecule has 0 radical (unpaired) electrons. The summed E-state index contributed by atoms with van der Waals surface area (Å²) in [5.41, 5.74) is 0.475. The summed E-state index contributed by atoms with van der Waals surface area (Å²) in [4.78, 5) is 10.6. The number of aromatic hydroxyl groups is 1. The Morgan fingerprint density at radius 1 is 1.54 bits per heavy atom. The molecule has 1 aromatic carbocycles. The number of halogens is 2. The van der Waals surface area contributed by atoms with E-state index in [4.69, 9.17) is 4.74 Å². The van der Waals surface area contributed by atoms with Crippen LogP contribution in [-0.4, -0.2) is 18.5 Å². The Morgan fingerprint density at radius 3 is 2.62 bits per heavy atom. The molecule has 0 fully saturated rings. The summed E-state index contributed by atoms with van der Waals surface area (Å²) in [6, 6.07) is 1.67. The minimum atomic E-state index is 0.0251. The second kappa shape index (κ2) is 4.45. The summed E-state index contributed by atoms with van der Waals surface area (Å²) in [7, 11) is 1.48. The quantitative estimate of drug-likeness (QED) is 0.609. The molecule has 0 atom stereocenters. The molecular formula is C8H6I2O3. The molecule has 1 N–H and O–H groups in total. The van der Waals surface area contributed by atoms with Gasteiger partial charge in [0.25, 0.3) is 0 Å². The maximum absolute atomic E-state index is 10.6. The standard InChI is InChI=1S/C8H6I2O3/c1-13-8-5(9)2-4(3-11)6(10)7(8)12/h2-3,12H,1H3. The molecule has 13 heavy (non-hydrogen) atoms. The second-order valence-corrected chi connectivity index (χ2v) is 4.50. The van der Waals surface area contributed by atoms with E-state index in [2.05, 4.69) is 0 Å². The van der Waals surface area contributed by atoms with Crippen LogP contribution < -0.4 is 4.74 Å². The fraction of sp³-hybridized carbons (Fsp3) is 0.125. The second-order valence-electron chi connectivity index (χ2n) is 2.26. The van der Waals surface area contributed by atoms with Gasteiger partial charge in [0.1, 0.15) is 0 Å². The van der Waals surface area contributed by atoms with E-state index in [0.29, 0.717) is 21.2 Å². The lowest BCUT2D eigenvalue weighted by Crippen LogP contribution is -1.94. The minimum absolute atomic E-state index is 0.0251. The van der Waals surface area contributed by atoms with Crippen molar-refractivity contribution in [1.82, 2.24) is 0 Å². The predicted octanol–water partition coefficient (Wildman–Crippen LogP) is 2.42. The van der Waals surface area contributed by atoms with Gasteiger partial charge in [-0.1, -0.05) is 0 Å². The number of aldehydes is 1. The van der Waals surface area contributed by atoms with Crippen molar-refractivity contribution < 1.29 is 14.6 Å². The fourth-order valence-corrected chi connectivity index (χ4v) is 2.23. The van der Waals surface area contributed by atoms with Crippen LogP contribution in [0.25, 0.3) is 0 Å².